The standard InChI is InChI=1S/C20H20BrN3O3S3/c1-2-9-24-16-8-7-15(21)12-17(16)29-20(24)22-19(25)14-5-3-10-23(13-14)30(26,27)18-6-4-11-28-18/h2,4,6-8,11-12,14H,1,3,5,9-10,13H2. The molecule has 0 aliphatic carbocycles. The van der Waals surface area contributed by atoms with Gasteiger partial charge in [-0.2, -0.15) is 9.30 Å². The Bertz CT molecular complexity index is 1260. The Morgan fingerprint density at radius 2 is 2.20 bits per heavy atom. The van der Waals surface area contributed by atoms with Crippen molar-refractivity contribution < 1.29 is 13.2 Å². The van der Waals surface area contributed by atoms with Crippen LogP contribution >= 0.6 is 38.6 Å². The molecule has 1 aliphatic rings. The van der Waals surface area contributed by atoms with Gasteiger partial charge in [0.15, 0.2) is 4.80 Å². The largest absolute Gasteiger partial charge is 0.313 e. The van der Waals surface area contributed by atoms with Crippen LogP contribution in [0.2, 0.25) is 0 Å². The normalized spacial score (nSPS) is 18.7. The third-order valence-electron chi connectivity index (χ3n) is 4.98. The molecular weight excluding hydrogens is 506 g/mol. The van der Waals surface area contributed by atoms with Crippen LogP contribution in [0, 0.1) is 5.92 Å². The molecule has 3 aromatic rings. The number of thiophene rings is 1. The van der Waals surface area contributed by atoms with E-state index in [1.54, 1.807) is 23.6 Å². The molecule has 0 spiro atoms. The first-order valence-electron chi connectivity index (χ1n) is 9.42. The molecule has 1 saturated heterocycles. The first-order valence-corrected chi connectivity index (χ1v) is 13.3. The third kappa shape index (κ3) is 4.24. The number of sulfonamides is 1. The molecule has 2 aromatic heterocycles. The van der Waals surface area contributed by atoms with Gasteiger partial charge in [0.05, 0.1) is 16.1 Å². The van der Waals surface area contributed by atoms with Gasteiger partial charge in [-0.25, -0.2) is 8.42 Å². The number of piperidine rings is 1. The Morgan fingerprint density at radius 3 is 2.93 bits per heavy atom. The van der Waals surface area contributed by atoms with Gasteiger partial charge in [0.25, 0.3) is 15.9 Å². The van der Waals surface area contributed by atoms with Crippen LogP contribution < -0.4 is 4.80 Å². The van der Waals surface area contributed by atoms with E-state index in [0.29, 0.717) is 34.9 Å². The molecule has 1 aromatic carbocycles. The van der Waals surface area contributed by atoms with E-state index >= 15 is 0 Å². The summed E-state index contributed by atoms with van der Waals surface area (Å²) in [5, 5.41) is 1.74. The summed E-state index contributed by atoms with van der Waals surface area (Å²) in [6.07, 6.45) is 3.05. The second kappa shape index (κ2) is 8.88. The minimum atomic E-state index is -3.56. The number of hydrogen-bond acceptors (Lipinski definition) is 5. The van der Waals surface area contributed by atoms with Gasteiger partial charge in [0.2, 0.25) is 0 Å². The van der Waals surface area contributed by atoms with Gasteiger partial charge in [-0.1, -0.05) is 39.4 Å². The van der Waals surface area contributed by atoms with E-state index in [2.05, 4.69) is 27.5 Å². The molecular formula is C20H20BrN3O3S3. The fourth-order valence-electron chi connectivity index (χ4n) is 3.52. The highest BCUT2D eigenvalue weighted by molar-refractivity contribution is 9.10. The van der Waals surface area contributed by atoms with E-state index in [4.69, 9.17) is 0 Å². The SMILES string of the molecule is C=CCn1c(=NC(=O)C2CCCN(S(=O)(=O)c3cccs3)C2)sc2cc(Br)ccc21. The third-order valence-corrected chi connectivity index (χ3v) is 9.76. The predicted molar refractivity (Wildman–Crippen MR) is 124 cm³/mol. The van der Waals surface area contributed by atoms with Crippen molar-refractivity contribution >= 4 is 64.8 Å². The molecule has 30 heavy (non-hydrogen) atoms. The molecule has 1 aliphatic heterocycles. The van der Waals surface area contributed by atoms with Crippen LogP contribution in [-0.2, 0) is 21.4 Å². The molecule has 4 rings (SSSR count). The average Bonchev–Trinajstić information content (AvgIpc) is 3.37. The minimum absolute atomic E-state index is 0.167. The maximum Gasteiger partial charge on any atom is 0.252 e. The number of rotatable bonds is 5. The van der Waals surface area contributed by atoms with Crippen molar-refractivity contribution in [2.75, 3.05) is 13.1 Å². The van der Waals surface area contributed by atoms with Gasteiger partial charge < -0.3 is 4.57 Å². The van der Waals surface area contributed by atoms with Crippen LogP contribution in [0.15, 0.2) is 62.0 Å². The Morgan fingerprint density at radius 1 is 1.37 bits per heavy atom. The number of allylic oxidation sites excluding steroid dienone is 1. The van der Waals surface area contributed by atoms with Gasteiger partial charge in [-0.3, -0.25) is 4.79 Å². The number of thiazole rings is 1. The smallest absolute Gasteiger partial charge is 0.252 e. The van der Waals surface area contributed by atoms with Gasteiger partial charge in [0, 0.05) is 24.1 Å². The summed E-state index contributed by atoms with van der Waals surface area (Å²) in [5.41, 5.74) is 0.986. The fraction of sp³-hybridized carbons (Fsp3) is 0.300. The van der Waals surface area contributed by atoms with E-state index in [0.717, 1.165) is 14.7 Å². The van der Waals surface area contributed by atoms with Crippen molar-refractivity contribution in [3.8, 4) is 0 Å². The molecule has 1 amide bonds. The van der Waals surface area contributed by atoms with Crippen LogP contribution in [0.3, 0.4) is 0 Å². The lowest BCUT2D eigenvalue weighted by Gasteiger charge is -2.29. The highest BCUT2D eigenvalue weighted by Crippen LogP contribution is 2.27. The summed E-state index contributed by atoms with van der Waals surface area (Å²) in [6, 6.07) is 9.26. The van der Waals surface area contributed by atoms with Crippen LogP contribution in [0.4, 0.5) is 0 Å². The van der Waals surface area contributed by atoms with Gasteiger partial charge in [-0.15, -0.1) is 17.9 Å². The highest BCUT2D eigenvalue weighted by Gasteiger charge is 2.33. The van der Waals surface area contributed by atoms with E-state index in [1.165, 1.54) is 27.0 Å². The number of benzene rings is 1. The topological polar surface area (TPSA) is 71.7 Å². The lowest BCUT2D eigenvalue weighted by atomic mass is 9.99. The maximum absolute atomic E-state index is 13.0. The number of halogens is 1. The summed E-state index contributed by atoms with van der Waals surface area (Å²) in [4.78, 5) is 18.0. The highest BCUT2D eigenvalue weighted by atomic mass is 79.9. The fourth-order valence-corrected chi connectivity index (χ4v) is 7.79. The summed E-state index contributed by atoms with van der Waals surface area (Å²) < 4.78 is 31.3. The number of carbonyl (C=O) groups excluding carboxylic acids is 1. The zero-order chi connectivity index (χ0) is 21.3. The number of hydrogen-bond donors (Lipinski definition) is 0. The molecule has 1 atom stereocenters. The van der Waals surface area contributed by atoms with E-state index < -0.39 is 15.9 Å². The molecule has 0 saturated carbocycles. The number of aromatic nitrogens is 1. The first-order chi connectivity index (χ1) is 14.4. The molecule has 3 heterocycles. The quantitative estimate of drug-likeness (QED) is 0.467. The minimum Gasteiger partial charge on any atom is -0.313 e. The Kier molecular flexibility index (Phi) is 6.40. The van der Waals surface area contributed by atoms with Gasteiger partial charge in [-0.05, 0) is 42.5 Å². The van der Waals surface area contributed by atoms with E-state index in [-0.39, 0.29) is 12.5 Å². The second-order valence-electron chi connectivity index (χ2n) is 6.98. The number of fused-ring (bicyclic) bond motifs is 1. The van der Waals surface area contributed by atoms with Crippen molar-refractivity contribution in [1.82, 2.24) is 8.87 Å². The van der Waals surface area contributed by atoms with Crippen molar-refractivity contribution in [3.63, 3.8) is 0 Å². The van der Waals surface area contributed by atoms with Crippen molar-refractivity contribution in [2.45, 2.75) is 23.6 Å². The molecule has 0 radical (unpaired) electrons. The zero-order valence-corrected chi connectivity index (χ0v) is 20.1. The molecule has 0 bridgehead atoms. The second-order valence-corrected chi connectivity index (χ2v) is 12.0. The Balaban J connectivity index is 1.64. The first kappa shape index (κ1) is 21.6. The van der Waals surface area contributed by atoms with Crippen molar-refractivity contribution in [3.05, 3.63) is 57.6 Å². The lowest BCUT2D eigenvalue weighted by molar-refractivity contribution is -0.122. The average molecular weight is 527 g/mol. The number of amides is 1. The summed E-state index contributed by atoms with van der Waals surface area (Å²) in [7, 11) is -3.56. The van der Waals surface area contributed by atoms with Crippen LogP contribution in [0.25, 0.3) is 10.2 Å². The maximum atomic E-state index is 13.0. The summed E-state index contributed by atoms with van der Waals surface area (Å²) in [6.45, 7) is 4.94. The zero-order valence-electron chi connectivity index (χ0n) is 16.0. The molecule has 1 fully saturated rings. The lowest BCUT2D eigenvalue weighted by Crippen LogP contribution is -2.42. The number of nitrogens with zero attached hydrogens (tertiary/aromatic N) is 3. The summed E-state index contributed by atoms with van der Waals surface area (Å²) >= 11 is 6.11. The van der Waals surface area contributed by atoms with Crippen LogP contribution in [0.5, 0.6) is 0 Å². The summed E-state index contributed by atoms with van der Waals surface area (Å²) in [5.74, 6) is -0.716. The van der Waals surface area contributed by atoms with E-state index in [1.807, 2.05) is 22.8 Å². The molecule has 0 N–H and O–H groups in total. The van der Waals surface area contributed by atoms with Gasteiger partial charge in [0.1, 0.15) is 4.21 Å². The number of carbonyl (C=O) groups is 1. The Hall–Kier alpha value is -1.59. The van der Waals surface area contributed by atoms with Crippen LogP contribution in [0.1, 0.15) is 12.8 Å². The Labute approximate surface area is 191 Å². The predicted octanol–water partition coefficient (Wildman–Crippen LogP) is 4.24. The van der Waals surface area contributed by atoms with Gasteiger partial charge >= 0.3 is 0 Å². The molecule has 10 heteroatoms. The van der Waals surface area contributed by atoms with Crippen molar-refractivity contribution in [1.29, 1.82) is 0 Å². The van der Waals surface area contributed by atoms with Crippen LogP contribution in [-0.4, -0.2) is 36.3 Å². The van der Waals surface area contributed by atoms with E-state index in [9.17, 15) is 13.2 Å². The molecule has 6 nitrogen and oxygen atoms in total. The molecule has 1 unspecified atom stereocenters. The van der Waals surface area contributed by atoms with Crippen molar-refractivity contribution in [2.24, 2.45) is 10.9 Å². The monoisotopic (exact) mass is 525 g/mol. The molecule has 158 valence electrons.